The van der Waals surface area contributed by atoms with Crippen LogP contribution in [0.15, 0.2) is 12.1 Å². The predicted octanol–water partition coefficient (Wildman–Crippen LogP) is 0.991. The Hall–Kier alpha value is -2.04. The van der Waals surface area contributed by atoms with E-state index in [1.54, 1.807) is 13.0 Å². The Morgan fingerprint density at radius 3 is 2.47 bits per heavy atom. The van der Waals surface area contributed by atoms with E-state index in [1.807, 2.05) is 0 Å². The van der Waals surface area contributed by atoms with Gasteiger partial charge in [0, 0.05) is 5.56 Å². The number of fused-ring (bicyclic) bond motifs is 1. The van der Waals surface area contributed by atoms with Gasteiger partial charge in [-0.1, -0.05) is 0 Å². The molecule has 1 N–H and O–H groups in total. The molecule has 5 nitrogen and oxygen atoms in total. The zero-order chi connectivity index (χ0) is 11.0. The SMILES string of the molecule is Cc1cc2c(cc1C(=O)C(=O)O)OCO2. The van der Waals surface area contributed by atoms with Gasteiger partial charge in [-0.05, 0) is 24.6 Å². The Labute approximate surface area is 85.2 Å². The van der Waals surface area contributed by atoms with Crippen LogP contribution in [0.5, 0.6) is 11.5 Å². The fourth-order valence-corrected chi connectivity index (χ4v) is 1.40. The molecular weight excluding hydrogens is 200 g/mol. The van der Waals surface area contributed by atoms with E-state index >= 15 is 0 Å². The van der Waals surface area contributed by atoms with Crippen molar-refractivity contribution in [2.75, 3.05) is 6.79 Å². The maximum Gasteiger partial charge on any atom is 0.377 e. The second-order valence-electron chi connectivity index (χ2n) is 3.15. The van der Waals surface area contributed by atoms with Crippen molar-refractivity contribution >= 4 is 11.8 Å². The minimum absolute atomic E-state index is 0.0967. The van der Waals surface area contributed by atoms with Gasteiger partial charge < -0.3 is 14.6 Å². The standard InChI is InChI=1S/C10H8O5/c1-5-2-7-8(15-4-14-7)3-6(5)9(11)10(12)13/h2-3H,4H2,1H3,(H,12,13). The van der Waals surface area contributed by atoms with Crippen LogP contribution in [0.3, 0.4) is 0 Å². The molecule has 1 aliphatic rings. The average molecular weight is 208 g/mol. The highest BCUT2D eigenvalue weighted by Gasteiger charge is 2.22. The quantitative estimate of drug-likeness (QED) is 0.579. The van der Waals surface area contributed by atoms with Crippen molar-refractivity contribution in [2.45, 2.75) is 6.92 Å². The molecule has 1 heterocycles. The maximum absolute atomic E-state index is 11.3. The largest absolute Gasteiger partial charge is 0.475 e. The van der Waals surface area contributed by atoms with Crippen molar-refractivity contribution in [1.82, 2.24) is 0 Å². The van der Waals surface area contributed by atoms with Crippen molar-refractivity contribution in [3.8, 4) is 11.5 Å². The van der Waals surface area contributed by atoms with E-state index in [-0.39, 0.29) is 12.4 Å². The minimum atomic E-state index is -1.48. The fourth-order valence-electron chi connectivity index (χ4n) is 1.40. The third-order valence-corrected chi connectivity index (χ3v) is 2.16. The zero-order valence-corrected chi connectivity index (χ0v) is 7.94. The summed E-state index contributed by atoms with van der Waals surface area (Å²) in [6, 6.07) is 2.99. The van der Waals surface area contributed by atoms with Gasteiger partial charge in [-0.2, -0.15) is 0 Å². The number of benzene rings is 1. The second kappa shape index (κ2) is 3.27. The summed E-state index contributed by atoms with van der Waals surface area (Å²) in [5, 5.41) is 8.59. The highest BCUT2D eigenvalue weighted by molar-refractivity contribution is 6.40. The number of rotatable bonds is 2. The van der Waals surface area contributed by atoms with Gasteiger partial charge in [0.2, 0.25) is 6.79 Å². The predicted molar refractivity (Wildman–Crippen MR) is 49.3 cm³/mol. The van der Waals surface area contributed by atoms with E-state index in [1.165, 1.54) is 6.07 Å². The summed E-state index contributed by atoms with van der Waals surface area (Å²) in [6.45, 7) is 1.75. The van der Waals surface area contributed by atoms with Gasteiger partial charge in [0.15, 0.2) is 11.5 Å². The van der Waals surface area contributed by atoms with Crippen LogP contribution in [0.2, 0.25) is 0 Å². The molecule has 0 atom stereocenters. The molecule has 2 rings (SSSR count). The first-order valence-corrected chi connectivity index (χ1v) is 4.27. The van der Waals surface area contributed by atoms with Crippen molar-refractivity contribution in [3.05, 3.63) is 23.3 Å². The first-order chi connectivity index (χ1) is 7.09. The molecule has 0 amide bonds. The van der Waals surface area contributed by atoms with Crippen LogP contribution in [0.4, 0.5) is 0 Å². The van der Waals surface area contributed by atoms with Crippen LogP contribution >= 0.6 is 0 Å². The Morgan fingerprint density at radius 2 is 1.87 bits per heavy atom. The number of hydrogen-bond acceptors (Lipinski definition) is 4. The summed E-state index contributed by atoms with van der Waals surface area (Å²) in [4.78, 5) is 21.8. The van der Waals surface area contributed by atoms with Crippen LogP contribution in [0, 0.1) is 6.92 Å². The molecule has 78 valence electrons. The Bertz CT molecular complexity index is 449. The molecule has 0 bridgehead atoms. The van der Waals surface area contributed by atoms with Crippen molar-refractivity contribution in [1.29, 1.82) is 0 Å². The number of Topliss-reactive ketones (excluding diaryl/α,β-unsaturated/α-hetero) is 1. The molecule has 0 saturated heterocycles. The third kappa shape index (κ3) is 1.52. The van der Waals surface area contributed by atoms with E-state index in [0.29, 0.717) is 17.1 Å². The molecule has 1 aromatic rings. The number of carbonyl (C=O) groups is 2. The number of ketones is 1. The summed E-state index contributed by atoms with van der Waals surface area (Å²) in [7, 11) is 0. The van der Waals surface area contributed by atoms with Crippen LogP contribution in [0.25, 0.3) is 0 Å². The summed E-state index contributed by atoms with van der Waals surface area (Å²) < 4.78 is 10.2. The number of carboxylic acids is 1. The molecule has 5 heteroatoms. The van der Waals surface area contributed by atoms with Crippen molar-refractivity contribution < 1.29 is 24.2 Å². The van der Waals surface area contributed by atoms with Gasteiger partial charge in [-0.15, -0.1) is 0 Å². The molecule has 0 radical (unpaired) electrons. The van der Waals surface area contributed by atoms with Gasteiger partial charge in [0.1, 0.15) is 0 Å². The van der Waals surface area contributed by atoms with Crippen LogP contribution in [-0.2, 0) is 4.79 Å². The van der Waals surface area contributed by atoms with E-state index in [9.17, 15) is 9.59 Å². The smallest absolute Gasteiger partial charge is 0.377 e. The molecular formula is C10H8O5. The minimum Gasteiger partial charge on any atom is -0.475 e. The first-order valence-electron chi connectivity index (χ1n) is 4.27. The lowest BCUT2D eigenvalue weighted by Crippen LogP contribution is -2.13. The molecule has 0 saturated carbocycles. The molecule has 1 aromatic carbocycles. The monoisotopic (exact) mass is 208 g/mol. The maximum atomic E-state index is 11.3. The zero-order valence-electron chi connectivity index (χ0n) is 7.94. The molecule has 0 unspecified atom stereocenters. The molecule has 0 spiro atoms. The highest BCUT2D eigenvalue weighted by Crippen LogP contribution is 2.34. The van der Waals surface area contributed by atoms with Gasteiger partial charge >= 0.3 is 5.97 Å². The number of aryl methyl sites for hydroxylation is 1. The highest BCUT2D eigenvalue weighted by atomic mass is 16.7. The van der Waals surface area contributed by atoms with E-state index < -0.39 is 11.8 Å². The number of aliphatic carboxylic acids is 1. The average Bonchev–Trinajstić information content (AvgIpc) is 2.62. The topological polar surface area (TPSA) is 72.8 Å². The molecule has 1 aliphatic heterocycles. The van der Waals surface area contributed by atoms with Crippen LogP contribution < -0.4 is 9.47 Å². The Morgan fingerprint density at radius 1 is 1.27 bits per heavy atom. The third-order valence-electron chi connectivity index (χ3n) is 2.16. The van der Waals surface area contributed by atoms with Gasteiger partial charge in [0.05, 0.1) is 0 Å². The summed E-state index contributed by atoms with van der Waals surface area (Å²) in [6.07, 6.45) is 0. The molecule has 0 aliphatic carbocycles. The van der Waals surface area contributed by atoms with E-state index in [4.69, 9.17) is 14.6 Å². The number of carbonyl (C=O) groups excluding carboxylic acids is 1. The lowest BCUT2D eigenvalue weighted by atomic mass is 10.0. The summed E-state index contributed by atoms with van der Waals surface area (Å²) in [5.41, 5.74) is 0.693. The van der Waals surface area contributed by atoms with E-state index in [0.717, 1.165) is 0 Å². The lowest BCUT2D eigenvalue weighted by molar-refractivity contribution is -0.131. The Kier molecular flexibility index (Phi) is 2.07. The van der Waals surface area contributed by atoms with Crippen molar-refractivity contribution in [2.24, 2.45) is 0 Å². The van der Waals surface area contributed by atoms with Crippen LogP contribution in [0.1, 0.15) is 15.9 Å². The van der Waals surface area contributed by atoms with Gasteiger partial charge in [-0.3, -0.25) is 4.79 Å². The molecule has 0 aromatic heterocycles. The molecule has 0 fully saturated rings. The van der Waals surface area contributed by atoms with E-state index in [2.05, 4.69) is 0 Å². The summed E-state index contributed by atoms with van der Waals surface area (Å²) >= 11 is 0. The van der Waals surface area contributed by atoms with Gasteiger partial charge in [0.25, 0.3) is 5.78 Å². The van der Waals surface area contributed by atoms with Gasteiger partial charge in [-0.25, -0.2) is 4.79 Å². The fraction of sp³-hybridized carbons (Fsp3) is 0.200. The normalized spacial score (nSPS) is 12.6. The Balaban J connectivity index is 2.49. The first kappa shape index (κ1) is 9.51. The number of ether oxygens (including phenoxy) is 2. The number of carboxylic acid groups (broad SMARTS) is 1. The van der Waals surface area contributed by atoms with Crippen LogP contribution in [-0.4, -0.2) is 23.7 Å². The summed E-state index contributed by atoms with van der Waals surface area (Å²) in [5.74, 6) is -1.47. The molecule has 15 heavy (non-hydrogen) atoms. The van der Waals surface area contributed by atoms with Crippen molar-refractivity contribution in [3.63, 3.8) is 0 Å². The number of hydrogen-bond donors (Lipinski definition) is 1. The lowest BCUT2D eigenvalue weighted by Gasteiger charge is -2.03. The second-order valence-corrected chi connectivity index (χ2v) is 3.15.